The van der Waals surface area contributed by atoms with Gasteiger partial charge in [0.05, 0.1) is 5.39 Å². The van der Waals surface area contributed by atoms with Crippen molar-refractivity contribution in [3.8, 4) is 10.4 Å². The Morgan fingerprint density at radius 2 is 1.68 bits per heavy atom. The molecule has 2 aromatic carbocycles. The summed E-state index contributed by atoms with van der Waals surface area (Å²) < 4.78 is 0. The maximum atomic E-state index is 4.68. The van der Waals surface area contributed by atoms with Crippen LogP contribution >= 0.6 is 11.3 Å². The second-order valence-corrected chi connectivity index (χ2v) is 8.21. The van der Waals surface area contributed by atoms with Gasteiger partial charge in [-0.05, 0) is 55.7 Å². The van der Waals surface area contributed by atoms with E-state index >= 15 is 0 Å². The molecule has 4 nitrogen and oxygen atoms in total. The summed E-state index contributed by atoms with van der Waals surface area (Å²) in [4.78, 5) is 14.0. The summed E-state index contributed by atoms with van der Waals surface area (Å²) >= 11 is 1.71. The Morgan fingerprint density at radius 3 is 2.43 bits per heavy atom. The Hall–Kier alpha value is -2.92. The number of aromatic nitrogens is 2. The molecule has 1 aliphatic rings. The van der Waals surface area contributed by atoms with Crippen molar-refractivity contribution in [1.82, 2.24) is 9.97 Å². The van der Waals surface area contributed by atoms with Gasteiger partial charge in [-0.3, -0.25) is 0 Å². The van der Waals surface area contributed by atoms with Crippen LogP contribution in [-0.2, 0) is 0 Å². The Labute approximate surface area is 168 Å². The van der Waals surface area contributed by atoms with Gasteiger partial charge in [0.1, 0.15) is 16.5 Å². The third-order valence-electron chi connectivity index (χ3n) is 5.16. The third-order valence-corrected chi connectivity index (χ3v) is 6.24. The largest absolute Gasteiger partial charge is 0.372 e. The maximum absolute atomic E-state index is 4.68. The van der Waals surface area contributed by atoms with Gasteiger partial charge in [-0.1, -0.05) is 30.3 Å². The summed E-state index contributed by atoms with van der Waals surface area (Å²) in [5.41, 5.74) is 3.56. The topological polar surface area (TPSA) is 41.1 Å². The van der Waals surface area contributed by atoms with Crippen molar-refractivity contribution in [2.75, 3.05) is 23.3 Å². The average molecular weight is 387 g/mol. The van der Waals surface area contributed by atoms with Gasteiger partial charge in [0, 0.05) is 29.3 Å². The van der Waals surface area contributed by atoms with Gasteiger partial charge in [0.15, 0.2) is 0 Å². The molecule has 0 bridgehead atoms. The molecule has 0 spiro atoms. The lowest BCUT2D eigenvalue weighted by Gasteiger charge is -2.18. The second kappa shape index (κ2) is 7.24. The molecule has 1 fully saturated rings. The molecule has 4 aromatic rings. The van der Waals surface area contributed by atoms with E-state index in [0.29, 0.717) is 0 Å². The zero-order chi connectivity index (χ0) is 18.9. The number of benzene rings is 2. The number of anilines is 3. The first-order valence-electron chi connectivity index (χ1n) is 9.72. The molecule has 1 saturated heterocycles. The Kier molecular flexibility index (Phi) is 4.45. The van der Waals surface area contributed by atoms with Crippen molar-refractivity contribution in [2.24, 2.45) is 0 Å². The molecule has 0 aliphatic carbocycles. The van der Waals surface area contributed by atoms with Crippen LogP contribution in [0.25, 0.3) is 20.7 Å². The van der Waals surface area contributed by atoms with Crippen LogP contribution in [0, 0.1) is 6.92 Å². The fourth-order valence-electron chi connectivity index (χ4n) is 3.74. The lowest BCUT2D eigenvalue weighted by atomic mass is 10.2. The number of nitrogens with zero attached hydrogens (tertiary/aromatic N) is 3. The second-order valence-electron chi connectivity index (χ2n) is 7.18. The number of thiophene rings is 1. The van der Waals surface area contributed by atoms with Gasteiger partial charge >= 0.3 is 0 Å². The van der Waals surface area contributed by atoms with Crippen molar-refractivity contribution in [3.63, 3.8) is 0 Å². The molecule has 0 radical (unpaired) electrons. The molecule has 5 heteroatoms. The van der Waals surface area contributed by atoms with Crippen molar-refractivity contribution >= 4 is 38.7 Å². The normalized spacial score (nSPS) is 14.0. The molecule has 1 aliphatic heterocycles. The van der Waals surface area contributed by atoms with E-state index in [1.807, 2.05) is 13.0 Å². The van der Waals surface area contributed by atoms with Crippen molar-refractivity contribution in [3.05, 3.63) is 66.5 Å². The maximum Gasteiger partial charge on any atom is 0.142 e. The molecule has 0 unspecified atom stereocenters. The van der Waals surface area contributed by atoms with E-state index in [-0.39, 0.29) is 0 Å². The monoisotopic (exact) mass is 386 g/mol. The van der Waals surface area contributed by atoms with E-state index in [4.69, 9.17) is 0 Å². The molecule has 5 rings (SSSR count). The molecular formula is C23H22N4S. The summed E-state index contributed by atoms with van der Waals surface area (Å²) in [5, 5.41) is 4.58. The molecule has 0 atom stereocenters. The van der Waals surface area contributed by atoms with E-state index in [0.717, 1.165) is 40.6 Å². The van der Waals surface area contributed by atoms with Crippen LogP contribution in [-0.4, -0.2) is 23.1 Å². The van der Waals surface area contributed by atoms with E-state index in [2.05, 4.69) is 74.8 Å². The fourth-order valence-corrected chi connectivity index (χ4v) is 4.82. The first kappa shape index (κ1) is 17.2. The standard InChI is InChI=1S/C23H22N4S/c1-16-24-22(26-18-9-11-19(12-10-18)27-13-5-6-14-27)20-15-21(28-23(20)25-16)17-7-3-2-4-8-17/h2-4,7-12,15H,5-6,13-14H2,1H3,(H,24,25,26). The third kappa shape index (κ3) is 3.34. The minimum Gasteiger partial charge on any atom is -0.372 e. The van der Waals surface area contributed by atoms with E-state index < -0.39 is 0 Å². The van der Waals surface area contributed by atoms with Crippen LogP contribution in [0.5, 0.6) is 0 Å². The molecule has 0 saturated carbocycles. The average Bonchev–Trinajstić information content (AvgIpc) is 3.39. The van der Waals surface area contributed by atoms with Crippen LogP contribution in [0.1, 0.15) is 18.7 Å². The van der Waals surface area contributed by atoms with E-state index in [9.17, 15) is 0 Å². The van der Waals surface area contributed by atoms with E-state index in [1.165, 1.54) is 29.0 Å². The molecule has 3 heterocycles. The predicted octanol–water partition coefficient (Wildman–Crippen LogP) is 6.01. The number of nitrogens with one attached hydrogen (secondary N) is 1. The molecule has 2 aromatic heterocycles. The Morgan fingerprint density at radius 1 is 0.929 bits per heavy atom. The zero-order valence-electron chi connectivity index (χ0n) is 15.9. The van der Waals surface area contributed by atoms with Crippen molar-refractivity contribution in [2.45, 2.75) is 19.8 Å². The smallest absolute Gasteiger partial charge is 0.142 e. The molecular weight excluding hydrogens is 364 g/mol. The molecule has 1 N–H and O–H groups in total. The van der Waals surface area contributed by atoms with Gasteiger partial charge in [0.2, 0.25) is 0 Å². The molecule has 140 valence electrons. The number of fused-ring (bicyclic) bond motifs is 1. The molecule has 0 amide bonds. The summed E-state index contributed by atoms with van der Waals surface area (Å²) in [6.07, 6.45) is 2.58. The highest BCUT2D eigenvalue weighted by Crippen LogP contribution is 2.36. The van der Waals surface area contributed by atoms with Crippen LogP contribution in [0.2, 0.25) is 0 Å². The van der Waals surface area contributed by atoms with Crippen molar-refractivity contribution in [1.29, 1.82) is 0 Å². The highest BCUT2D eigenvalue weighted by Gasteiger charge is 2.14. The van der Waals surface area contributed by atoms with Crippen LogP contribution < -0.4 is 10.2 Å². The zero-order valence-corrected chi connectivity index (χ0v) is 16.7. The van der Waals surface area contributed by atoms with Gasteiger partial charge in [-0.25, -0.2) is 9.97 Å². The summed E-state index contributed by atoms with van der Waals surface area (Å²) in [6.45, 7) is 4.27. The predicted molar refractivity (Wildman–Crippen MR) is 119 cm³/mol. The fraction of sp³-hybridized carbons (Fsp3) is 0.217. The number of hydrogen-bond acceptors (Lipinski definition) is 5. The SMILES string of the molecule is Cc1nc(Nc2ccc(N3CCCC3)cc2)c2cc(-c3ccccc3)sc2n1. The van der Waals surface area contributed by atoms with Crippen molar-refractivity contribution < 1.29 is 0 Å². The minimum absolute atomic E-state index is 0.783. The van der Waals surface area contributed by atoms with Crippen LogP contribution in [0.15, 0.2) is 60.7 Å². The van der Waals surface area contributed by atoms with Gasteiger partial charge in [-0.15, -0.1) is 11.3 Å². The summed E-state index contributed by atoms with van der Waals surface area (Å²) in [5.74, 6) is 1.65. The van der Waals surface area contributed by atoms with Crippen LogP contribution in [0.4, 0.5) is 17.2 Å². The first-order chi connectivity index (χ1) is 13.8. The van der Waals surface area contributed by atoms with Gasteiger partial charge in [-0.2, -0.15) is 0 Å². The first-order valence-corrected chi connectivity index (χ1v) is 10.5. The lowest BCUT2D eigenvalue weighted by molar-refractivity contribution is 0.949. The Balaban J connectivity index is 1.47. The summed E-state index contributed by atoms with van der Waals surface area (Å²) in [7, 11) is 0. The number of hydrogen-bond donors (Lipinski definition) is 1. The summed E-state index contributed by atoms with van der Waals surface area (Å²) in [6, 6.07) is 21.3. The Bertz CT molecular complexity index is 1100. The lowest BCUT2D eigenvalue weighted by Crippen LogP contribution is -2.17. The number of rotatable bonds is 4. The quantitative estimate of drug-likeness (QED) is 0.466. The van der Waals surface area contributed by atoms with Gasteiger partial charge in [0.25, 0.3) is 0 Å². The van der Waals surface area contributed by atoms with Crippen LogP contribution in [0.3, 0.4) is 0 Å². The highest BCUT2D eigenvalue weighted by molar-refractivity contribution is 7.21. The number of aryl methyl sites for hydroxylation is 1. The molecule has 28 heavy (non-hydrogen) atoms. The minimum atomic E-state index is 0.783. The van der Waals surface area contributed by atoms with E-state index in [1.54, 1.807) is 11.3 Å². The van der Waals surface area contributed by atoms with Gasteiger partial charge < -0.3 is 10.2 Å². The highest BCUT2D eigenvalue weighted by atomic mass is 32.1.